The molecule has 1 fully saturated rings. The van der Waals surface area contributed by atoms with Gasteiger partial charge in [-0.1, -0.05) is 42.8 Å². The number of amides is 1. The lowest BCUT2D eigenvalue weighted by molar-refractivity contribution is -0.138. The maximum Gasteiger partial charge on any atom is 0.417 e. The molecule has 3 aromatic rings. The number of ether oxygens (including phenoxy) is 2. The van der Waals surface area contributed by atoms with Crippen molar-refractivity contribution < 1.29 is 27.4 Å². The molecule has 6 nitrogen and oxygen atoms in total. The third-order valence-electron chi connectivity index (χ3n) is 7.11. The second kappa shape index (κ2) is 12.9. The molecule has 2 N–H and O–H groups in total. The lowest BCUT2D eigenvalue weighted by Crippen LogP contribution is -2.55. The fourth-order valence-corrected chi connectivity index (χ4v) is 5.25. The fourth-order valence-electron chi connectivity index (χ4n) is 5.08. The predicted octanol–water partition coefficient (Wildman–Crippen LogP) is 6.25. The van der Waals surface area contributed by atoms with E-state index in [4.69, 9.17) is 26.8 Å². The maximum absolute atomic E-state index is 13.7. The summed E-state index contributed by atoms with van der Waals surface area (Å²) in [6.45, 7) is 4.22. The third kappa shape index (κ3) is 6.54. The number of anilines is 1. The first-order valence-corrected chi connectivity index (χ1v) is 13.5. The molecule has 1 aliphatic heterocycles. The van der Waals surface area contributed by atoms with Crippen molar-refractivity contribution in [3.63, 3.8) is 0 Å². The highest BCUT2D eigenvalue weighted by atomic mass is 35.5. The molecule has 3 aromatic carbocycles. The molecule has 214 valence electrons. The Bertz CT molecular complexity index is 1340. The predicted molar refractivity (Wildman–Crippen MR) is 151 cm³/mol. The number of alkyl halides is 3. The van der Waals surface area contributed by atoms with Gasteiger partial charge in [0.2, 0.25) is 0 Å². The van der Waals surface area contributed by atoms with Crippen LogP contribution in [0.3, 0.4) is 0 Å². The summed E-state index contributed by atoms with van der Waals surface area (Å²) >= 11 is 5.81. The van der Waals surface area contributed by atoms with Crippen molar-refractivity contribution in [1.82, 2.24) is 4.90 Å². The summed E-state index contributed by atoms with van der Waals surface area (Å²) in [6, 6.07) is 17.0. The molecular weight excluding hydrogens is 543 g/mol. The summed E-state index contributed by atoms with van der Waals surface area (Å²) in [5.74, 6) is 0.0934. The van der Waals surface area contributed by atoms with E-state index in [0.29, 0.717) is 32.7 Å². The average molecular weight is 576 g/mol. The average Bonchev–Trinajstić information content (AvgIpc) is 2.96. The Morgan fingerprint density at radius 2 is 1.85 bits per heavy atom. The number of rotatable bonds is 9. The molecule has 0 radical (unpaired) electrons. The van der Waals surface area contributed by atoms with Gasteiger partial charge in [-0.25, -0.2) is 0 Å². The zero-order valence-corrected chi connectivity index (χ0v) is 23.3. The van der Waals surface area contributed by atoms with E-state index < -0.39 is 23.2 Å². The van der Waals surface area contributed by atoms with Gasteiger partial charge in [0, 0.05) is 55.6 Å². The van der Waals surface area contributed by atoms with E-state index in [2.05, 4.69) is 4.90 Å². The van der Waals surface area contributed by atoms with Crippen LogP contribution in [0.25, 0.3) is 11.1 Å². The molecular formula is C30H33ClF3N3O3. The van der Waals surface area contributed by atoms with Crippen molar-refractivity contribution in [2.45, 2.75) is 32.1 Å². The number of carbonyl (C=O) groups excluding carboxylic acids is 1. The monoisotopic (exact) mass is 575 g/mol. The van der Waals surface area contributed by atoms with Crippen molar-refractivity contribution in [1.29, 1.82) is 0 Å². The Hall–Kier alpha value is -3.27. The van der Waals surface area contributed by atoms with Crippen LogP contribution < -0.4 is 15.4 Å². The van der Waals surface area contributed by atoms with E-state index in [1.807, 2.05) is 49.4 Å². The topological polar surface area (TPSA) is 68.0 Å². The van der Waals surface area contributed by atoms with E-state index >= 15 is 0 Å². The second-order valence-electron chi connectivity index (χ2n) is 9.58. The Morgan fingerprint density at radius 1 is 1.07 bits per heavy atom. The van der Waals surface area contributed by atoms with Gasteiger partial charge in [0.25, 0.3) is 5.91 Å². The van der Waals surface area contributed by atoms with Crippen molar-refractivity contribution in [3.8, 4) is 16.9 Å². The molecule has 1 aliphatic rings. The third-order valence-corrected chi connectivity index (χ3v) is 7.35. The molecule has 1 atom stereocenters. The van der Waals surface area contributed by atoms with Crippen LogP contribution in [0.5, 0.6) is 5.75 Å². The highest BCUT2D eigenvalue weighted by Crippen LogP contribution is 2.37. The fraction of sp³-hybridized carbons (Fsp3) is 0.367. The normalized spacial score (nSPS) is 15.8. The minimum absolute atomic E-state index is 0.0675. The number of methoxy groups -OCH3 is 1. The molecule has 0 bridgehead atoms. The SMILES string of the molecule is CC[C@@H]1CN(C(=O)c2ccc(Cl)cc2C(F)(F)F)CCN1c1ccc(-c2ccccc2OCCOC)cc1CN. The molecule has 0 spiro atoms. The Morgan fingerprint density at radius 3 is 2.55 bits per heavy atom. The lowest BCUT2D eigenvalue weighted by Gasteiger charge is -2.43. The maximum atomic E-state index is 13.7. The summed E-state index contributed by atoms with van der Waals surface area (Å²) in [5, 5.41) is -0.0675. The molecule has 0 saturated carbocycles. The number of piperazine rings is 1. The van der Waals surface area contributed by atoms with Crippen LogP contribution in [0, 0.1) is 0 Å². The van der Waals surface area contributed by atoms with Gasteiger partial charge in [-0.05, 0) is 53.9 Å². The van der Waals surface area contributed by atoms with Gasteiger partial charge < -0.3 is 25.0 Å². The van der Waals surface area contributed by atoms with Crippen LogP contribution in [-0.4, -0.2) is 56.8 Å². The van der Waals surface area contributed by atoms with E-state index in [9.17, 15) is 18.0 Å². The standard InChI is InChI=1S/C30H33ClF3N3O3/c1-3-23-19-36(29(38)25-10-9-22(31)17-26(25)30(32,33)34)12-13-37(23)27-11-8-20(16-21(27)18-35)24-6-4-5-7-28(24)40-15-14-39-2/h4-11,16-17,23H,3,12-15,18-19,35H2,1-2H3/t23-/m1/s1. The van der Waals surface area contributed by atoms with Gasteiger partial charge in [-0.3, -0.25) is 4.79 Å². The van der Waals surface area contributed by atoms with Gasteiger partial charge >= 0.3 is 6.18 Å². The number of benzene rings is 3. The number of nitrogens with two attached hydrogens (primary N) is 1. The summed E-state index contributed by atoms with van der Waals surface area (Å²) in [6.07, 6.45) is -3.99. The van der Waals surface area contributed by atoms with Crippen LogP contribution in [0.2, 0.25) is 5.02 Å². The van der Waals surface area contributed by atoms with E-state index in [-0.39, 0.29) is 24.2 Å². The Labute approximate surface area is 237 Å². The number of halogens is 4. The number of para-hydroxylation sites is 1. The van der Waals surface area contributed by atoms with Crippen LogP contribution in [0.15, 0.2) is 60.7 Å². The number of hydrogen-bond acceptors (Lipinski definition) is 5. The van der Waals surface area contributed by atoms with Crippen molar-refractivity contribution in [2.75, 3.05) is 44.9 Å². The number of nitrogens with zero attached hydrogens (tertiary/aromatic N) is 2. The molecule has 40 heavy (non-hydrogen) atoms. The Kier molecular flexibility index (Phi) is 9.60. The zero-order chi connectivity index (χ0) is 28.9. The minimum Gasteiger partial charge on any atom is -0.491 e. The van der Waals surface area contributed by atoms with Crippen LogP contribution in [0.4, 0.5) is 18.9 Å². The van der Waals surface area contributed by atoms with Crippen LogP contribution in [-0.2, 0) is 17.5 Å². The smallest absolute Gasteiger partial charge is 0.417 e. The molecule has 10 heteroatoms. The van der Waals surface area contributed by atoms with E-state index in [0.717, 1.165) is 40.3 Å². The molecule has 0 aliphatic carbocycles. The summed E-state index contributed by atoms with van der Waals surface area (Å²) in [5.41, 5.74) is 8.56. The lowest BCUT2D eigenvalue weighted by atomic mass is 9.98. The van der Waals surface area contributed by atoms with E-state index in [1.165, 1.54) is 11.0 Å². The first-order valence-electron chi connectivity index (χ1n) is 13.1. The quantitative estimate of drug-likeness (QED) is 0.305. The first kappa shape index (κ1) is 29.7. The summed E-state index contributed by atoms with van der Waals surface area (Å²) in [4.78, 5) is 16.9. The molecule has 4 rings (SSSR count). The van der Waals surface area contributed by atoms with Crippen LogP contribution >= 0.6 is 11.6 Å². The van der Waals surface area contributed by atoms with Gasteiger partial charge in [0.1, 0.15) is 12.4 Å². The second-order valence-corrected chi connectivity index (χ2v) is 10.0. The highest BCUT2D eigenvalue weighted by Gasteiger charge is 2.38. The van der Waals surface area contributed by atoms with Gasteiger partial charge in [-0.15, -0.1) is 0 Å². The summed E-state index contributed by atoms with van der Waals surface area (Å²) < 4.78 is 52.0. The largest absolute Gasteiger partial charge is 0.491 e. The Balaban J connectivity index is 1.57. The van der Waals surface area contributed by atoms with E-state index in [1.54, 1.807) is 7.11 Å². The molecule has 1 amide bonds. The van der Waals surface area contributed by atoms with Crippen molar-refractivity contribution >= 4 is 23.2 Å². The van der Waals surface area contributed by atoms with Gasteiger partial charge in [0.05, 0.1) is 17.7 Å². The van der Waals surface area contributed by atoms with Crippen LogP contribution in [0.1, 0.15) is 34.8 Å². The summed E-state index contributed by atoms with van der Waals surface area (Å²) in [7, 11) is 1.62. The van der Waals surface area contributed by atoms with Crippen molar-refractivity contribution in [3.05, 3.63) is 82.4 Å². The number of carbonyl (C=O) groups is 1. The highest BCUT2D eigenvalue weighted by molar-refractivity contribution is 6.30. The minimum atomic E-state index is -4.69. The molecule has 0 aromatic heterocycles. The zero-order valence-electron chi connectivity index (χ0n) is 22.5. The van der Waals surface area contributed by atoms with Crippen molar-refractivity contribution in [2.24, 2.45) is 5.73 Å². The molecule has 1 heterocycles. The first-order chi connectivity index (χ1) is 19.2. The number of hydrogen-bond donors (Lipinski definition) is 1. The molecule has 0 unspecified atom stereocenters. The molecule has 1 saturated heterocycles. The van der Waals surface area contributed by atoms with Gasteiger partial charge in [-0.2, -0.15) is 13.2 Å². The van der Waals surface area contributed by atoms with Gasteiger partial charge in [0.15, 0.2) is 0 Å².